The van der Waals surface area contributed by atoms with E-state index in [1.54, 1.807) is 0 Å². The molecule has 0 aliphatic heterocycles. The molecule has 0 saturated heterocycles. The molecule has 29 heavy (non-hydrogen) atoms. The van der Waals surface area contributed by atoms with Gasteiger partial charge in [-0.15, -0.1) is 10.2 Å². The molecule has 0 fully saturated rings. The molecule has 0 spiro atoms. The number of benzene rings is 2. The second-order valence-electron chi connectivity index (χ2n) is 7.05. The van der Waals surface area contributed by atoms with Gasteiger partial charge in [0.2, 0.25) is 5.91 Å². The molecule has 3 rings (SSSR count). The molecule has 0 bridgehead atoms. The number of nitrogens with zero attached hydrogens (tertiary/aromatic N) is 3. The van der Waals surface area contributed by atoms with Crippen LogP contribution >= 0.6 is 11.8 Å². The number of hydrogen-bond donors (Lipinski definition) is 1. The molecular formula is C23H28N4OS. The van der Waals surface area contributed by atoms with E-state index in [0.29, 0.717) is 5.75 Å². The van der Waals surface area contributed by atoms with Gasteiger partial charge in [0, 0.05) is 17.8 Å². The Morgan fingerprint density at radius 2 is 1.76 bits per heavy atom. The second kappa shape index (κ2) is 10.3. The predicted octanol–water partition coefficient (Wildman–Crippen LogP) is 5.35. The van der Waals surface area contributed by atoms with Crippen LogP contribution in [-0.2, 0) is 17.8 Å². The zero-order chi connectivity index (χ0) is 20.6. The highest BCUT2D eigenvalue weighted by Gasteiger charge is 2.14. The van der Waals surface area contributed by atoms with E-state index in [9.17, 15) is 4.79 Å². The van der Waals surface area contributed by atoms with E-state index in [2.05, 4.69) is 72.7 Å². The summed E-state index contributed by atoms with van der Waals surface area (Å²) in [6.07, 6.45) is 3.45. The van der Waals surface area contributed by atoms with Crippen molar-refractivity contribution in [3.63, 3.8) is 0 Å². The number of aromatic nitrogens is 3. The van der Waals surface area contributed by atoms with Gasteiger partial charge in [0.05, 0.1) is 5.75 Å². The number of nitrogens with one attached hydrogen (secondary N) is 1. The Kier molecular flexibility index (Phi) is 7.47. The second-order valence-corrected chi connectivity index (χ2v) is 8.00. The van der Waals surface area contributed by atoms with Gasteiger partial charge in [-0.1, -0.05) is 67.1 Å². The first-order valence-electron chi connectivity index (χ1n) is 10.1. The van der Waals surface area contributed by atoms with Crippen LogP contribution in [-0.4, -0.2) is 26.4 Å². The lowest BCUT2D eigenvalue weighted by atomic mass is 10.1. The zero-order valence-electron chi connectivity index (χ0n) is 17.3. The van der Waals surface area contributed by atoms with Crippen LogP contribution in [0, 0.1) is 6.92 Å². The van der Waals surface area contributed by atoms with Gasteiger partial charge in [-0.25, -0.2) is 0 Å². The Hall–Kier alpha value is -2.60. The molecule has 0 aliphatic rings. The van der Waals surface area contributed by atoms with E-state index in [4.69, 9.17) is 0 Å². The first-order valence-corrected chi connectivity index (χ1v) is 11.1. The van der Waals surface area contributed by atoms with Crippen molar-refractivity contribution >= 4 is 23.4 Å². The van der Waals surface area contributed by atoms with Crippen LogP contribution in [0.3, 0.4) is 0 Å². The molecular weight excluding hydrogens is 380 g/mol. The fourth-order valence-corrected chi connectivity index (χ4v) is 3.86. The number of anilines is 1. The van der Waals surface area contributed by atoms with Gasteiger partial charge in [0.15, 0.2) is 11.0 Å². The first-order chi connectivity index (χ1) is 14.1. The number of thioether (sulfide) groups is 1. The van der Waals surface area contributed by atoms with Gasteiger partial charge >= 0.3 is 0 Å². The Labute approximate surface area is 176 Å². The van der Waals surface area contributed by atoms with Crippen LogP contribution in [0.4, 0.5) is 5.69 Å². The van der Waals surface area contributed by atoms with E-state index < -0.39 is 0 Å². The molecule has 0 atom stereocenters. The van der Waals surface area contributed by atoms with Crippen molar-refractivity contribution in [1.82, 2.24) is 14.8 Å². The fraction of sp³-hybridized carbons (Fsp3) is 0.348. The molecule has 1 amide bonds. The predicted molar refractivity (Wildman–Crippen MR) is 120 cm³/mol. The molecule has 0 radical (unpaired) electrons. The molecule has 6 heteroatoms. The monoisotopic (exact) mass is 408 g/mol. The third kappa shape index (κ3) is 5.70. The van der Waals surface area contributed by atoms with Crippen molar-refractivity contribution in [3.8, 4) is 11.4 Å². The maximum Gasteiger partial charge on any atom is 0.234 e. The van der Waals surface area contributed by atoms with Crippen molar-refractivity contribution in [2.24, 2.45) is 0 Å². The van der Waals surface area contributed by atoms with Crippen LogP contribution in [0.25, 0.3) is 11.4 Å². The molecule has 0 unspecified atom stereocenters. The van der Waals surface area contributed by atoms with Crippen molar-refractivity contribution in [2.75, 3.05) is 11.1 Å². The van der Waals surface area contributed by atoms with Crippen LogP contribution in [0.2, 0.25) is 0 Å². The van der Waals surface area contributed by atoms with Crippen LogP contribution in [0.15, 0.2) is 53.7 Å². The standard InChI is InChI=1S/C23H28N4OS/c1-4-6-7-18-10-14-20(15-11-18)24-21(28)16-29-23-26-25-22(27(23)5-2)19-12-8-17(3)9-13-19/h8-15H,4-7,16H2,1-3H3,(H,24,28). The number of rotatable bonds is 9. The lowest BCUT2D eigenvalue weighted by Crippen LogP contribution is -2.14. The minimum atomic E-state index is -0.0427. The van der Waals surface area contributed by atoms with Gasteiger partial charge in [-0.3, -0.25) is 4.79 Å². The molecule has 0 aliphatic carbocycles. The molecule has 0 saturated carbocycles. The average Bonchev–Trinajstić information content (AvgIpc) is 3.15. The number of hydrogen-bond acceptors (Lipinski definition) is 4. The van der Waals surface area contributed by atoms with E-state index in [-0.39, 0.29) is 5.91 Å². The molecule has 1 N–H and O–H groups in total. The van der Waals surface area contributed by atoms with Crippen LogP contribution in [0.1, 0.15) is 37.8 Å². The third-order valence-electron chi connectivity index (χ3n) is 4.73. The lowest BCUT2D eigenvalue weighted by molar-refractivity contribution is -0.113. The van der Waals surface area contributed by atoms with E-state index in [0.717, 1.165) is 35.2 Å². The summed E-state index contributed by atoms with van der Waals surface area (Å²) in [5, 5.41) is 12.4. The van der Waals surface area contributed by atoms with Gasteiger partial charge in [0.25, 0.3) is 0 Å². The Morgan fingerprint density at radius 1 is 1.03 bits per heavy atom. The SMILES string of the molecule is CCCCc1ccc(NC(=O)CSc2nnc(-c3ccc(C)cc3)n2CC)cc1. The smallest absolute Gasteiger partial charge is 0.234 e. The molecule has 5 nitrogen and oxygen atoms in total. The van der Waals surface area contributed by atoms with Crippen LogP contribution in [0.5, 0.6) is 0 Å². The number of unbranched alkanes of at least 4 members (excludes halogenated alkanes) is 1. The van der Waals surface area contributed by atoms with Gasteiger partial charge in [-0.05, 0) is 44.4 Å². The van der Waals surface area contributed by atoms with Gasteiger partial charge in [0.1, 0.15) is 0 Å². The first kappa shape index (κ1) is 21.1. The molecule has 1 heterocycles. The lowest BCUT2D eigenvalue weighted by Gasteiger charge is -2.08. The number of aryl methyl sites for hydroxylation is 2. The van der Waals surface area contributed by atoms with Gasteiger partial charge < -0.3 is 9.88 Å². The third-order valence-corrected chi connectivity index (χ3v) is 5.70. The van der Waals surface area contributed by atoms with Crippen LogP contribution < -0.4 is 5.32 Å². The fourth-order valence-electron chi connectivity index (χ4n) is 3.06. The quantitative estimate of drug-likeness (QED) is 0.485. The topological polar surface area (TPSA) is 59.8 Å². The maximum absolute atomic E-state index is 12.4. The summed E-state index contributed by atoms with van der Waals surface area (Å²) in [5.74, 6) is 1.08. The summed E-state index contributed by atoms with van der Waals surface area (Å²) < 4.78 is 2.05. The summed E-state index contributed by atoms with van der Waals surface area (Å²) in [6.45, 7) is 7.06. The number of amides is 1. The summed E-state index contributed by atoms with van der Waals surface area (Å²) in [5.41, 5.74) is 4.37. The summed E-state index contributed by atoms with van der Waals surface area (Å²) in [4.78, 5) is 12.4. The minimum Gasteiger partial charge on any atom is -0.325 e. The Bertz CT molecular complexity index is 933. The minimum absolute atomic E-state index is 0.0427. The van der Waals surface area contributed by atoms with Crippen molar-refractivity contribution in [1.29, 1.82) is 0 Å². The van der Waals surface area contributed by atoms with Crippen molar-refractivity contribution in [2.45, 2.75) is 51.7 Å². The summed E-state index contributed by atoms with van der Waals surface area (Å²) in [6, 6.07) is 16.3. The summed E-state index contributed by atoms with van der Waals surface area (Å²) in [7, 11) is 0. The summed E-state index contributed by atoms with van der Waals surface area (Å²) >= 11 is 1.41. The molecule has 2 aromatic carbocycles. The highest BCUT2D eigenvalue weighted by atomic mass is 32.2. The van der Waals surface area contributed by atoms with Gasteiger partial charge in [-0.2, -0.15) is 0 Å². The Balaban J connectivity index is 1.59. The average molecular weight is 409 g/mol. The molecule has 1 aromatic heterocycles. The normalized spacial score (nSPS) is 10.9. The zero-order valence-corrected chi connectivity index (χ0v) is 18.1. The molecule has 3 aromatic rings. The van der Waals surface area contributed by atoms with Crippen molar-refractivity contribution in [3.05, 3.63) is 59.7 Å². The number of carbonyl (C=O) groups is 1. The van der Waals surface area contributed by atoms with Crippen molar-refractivity contribution < 1.29 is 4.79 Å². The Morgan fingerprint density at radius 3 is 2.41 bits per heavy atom. The number of carbonyl (C=O) groups excluding carboxylic acids is 1. The maximum atomic E-state index is 12.4. The van der Waals surface area contributed by atoms with E-state index in [1.807, 2.05) is 16.7 Å². The largest absolute Gasteiger partial charge is 0.325 e. The van der Waals surface area contributed by atoms with E-state index >= 15 is 0 Å². The van der Waals surface area contributed by atoms with E-state index in [1.165, 1.54) is 35.7 Å². The highest BCUT2D eigenvalue weighted by molar-refractivity contribution is 7.99. The molecule has 152 valence electrons. The highest BCUT2D eigenvalue weighted by Crippen LogP contribution is 2.24.